The van der Waals surface area contributed by atoms with Crippen molar-refractivity contribution >= 4 is 11.9 Å². The Morgan fingerprint density at radius 2 is 2.00 bits per heavy atom. The third-order valence-electron chi connectivity index (χ3n) is 3.37. The summed E-state index contributed by atoms with van der Waals surface area (Å²) in [7, 11) is 0. The molecule has 0 aliphatic heterocycles. The standard InChI is InChI=1S/C16H19FN4O3/c1-9(2)13-18-12(14(22)19-16(3,4)15(23)24)20-21(13)11-7-5-6-10(17)8-11/h5-9H,1-4H3,(H,19,22)(H,23,24). The van der Waals surface area contributed by atoms with Gasteiger partial charge in [0.05, 0.1) is 5.69 Å². The second-order valence-corrected chi connectivity index (χ2v) is 6.22. The van der Waals surface area contributed by atoms with E-state index >= 15 is 0 Å². The van der Waals surface area contributed by atoms with E-state index in [2.05, 4.69) is 15.4 Å². The molecule has 0 atom stereocenters. The molecule has 1 amide bonds. The number of benzene rings is 1. The van der Waals surface area contributed by atoms with Crippen LogP contribution in [0.3, 0.4) is 0 Å². The number of carbonyl (C=O) groups is 2. The van der Waals surface area contributed by atoms with Gasteiger partial charge in [-0.2, -0.15) is 0 Å². The Kier molecular flexibility index (Phi) is 4.68. The first-order valence-electron chi connectivity index (χ1n) is 7.40. The molecule has 0 aliphatic rings. The third-order valence-corrected chi connectivity index (χ3v) is 3.37. The van der Waals surface area contributed by atoms with E-state index in [1.54, 1.807) is 6.07 Å². The van der Waals surface area contributed by atoms with Crippen LogP contribution in [0.2, 0.25) is 0 Å². The topological polar surface area (TPSA) is 97.1 Å². The van der Waals surface area contributed by atoms with Gasteiger partial charge in [-0.05, 0) is 32.0 Å². The summed E-state index contributed by atoms with van der Waals surface area (Å²) < 4.78 is 14.8. The number of rotatable bonds is 5. The van der Waals surface area contributed by atoms with Crippen molar-refractivity contribution in [1.29, 1.82) is 0 Å². The number of nitrogens with zero attached hydrogens (tertiary/aromatic N) is 3. The first-order chi connectivity index (χ1) is 11.1. The van der Waals surface area contributed by atoms with E-state index in [9.17, 15) is 14.0 Å². The van der Waals surface area contributed by atoms with Gasteiger partial charge in [0.1, 0.15) is 17.2 Å². The molecule has 1 aromatic heterocycles. The van der Waals surface area contributed by atoms with E-state index in [1.807, 2.05) is 13.8 Å². The Morgan fingerprint density at radius 1 is 1.33 bits per heavy atom. The Hall–Kier alpha value is -2.77. The molecule has 2 aromatic rings. The van der Waals surface area contributed by atoms with Gasteiger partial charge < -0.3 is 10.4 Å². The SMILES string of the molecule is CC(C)c1nc(C(=O)NC(C)(C)C(=O)O)nn1-c1cccc(F)c1. The molecule has 8 heteroatoms. The monoisotopic (exact) mass is 334 g/mol. The minimum Gasteiger partial charge on any atom is -0.480 e. The van der Waals surface area contributed by atoms with Gasteiger partial charge in [-0.3, -0.25) is 4.79 Å². The number of halogens is 1. The molecule has 7 nitrogen and oxygen atoms in total. The zero-order valence-corrected chi connectivity index (χ0v) is 13.9. The molecule has 2 rings (SSSR count). The molecule has 1 aromatic carbocycles. The number of hydrogen-bond donors (Lipinski definition) is 2. The molecule has 0 fully saturated rings. The lowest BCUT2D eigenvalue weighted by Gasteiger charge is -2.19. The molecule has 24 heavy (non-hydrogen) atoms. The average molecular weight is 334 g/mol. The fourth-order valence-electron chi connectivity index (χ4n) is 1.99. The molecule has 0 saturated carbocycles. The van der Waals surface area contributed by atoms with Crippen molar-refractivity contribution in [2.24, 2.45) is 0 Å². The van der Waals surface area contributed by atoms with Crippen LogP contribution in [0.4, 0.5) is 4.39 Å². The lowest BCUT2D eigenvalue weighted by molar-refractivity contribution is -0.143. The zero-order chi connectivity index (χ0) is 18.1. The summed E-state index contributed by atoms with van der Waals surface area (Å²) in [5.41, 5.74) is -1.03. The van der Waals surface area contributed by atoms with Crippen LogP contribution in [-0.2, 0) is 4.79 Å². The Labute approximate surface area is 138 Å². The molecule has 0 bridgehead atoms. The highest BCUT2D eigenvalue weighted by molar-refractivity contribution is 5.94. The summed E-state index contributed by atoms with van der Waals surface area (Å²) in [6, 6.07) is 5.76. The summed E-state index contributed by atoms with van der Waals surface area (Å²) >= 11 is 0. The van der Waals surface area contributed by atoms with Crippen molar-refractivity contribution in [2.45, 2.75) is 39.2 Å². The lowest BCUT2D eigenvalue weighted by Crippen LogP contribution is -2.49. The fraction of sp³-hybridized carbons (Fsp3) is 0.375. The molecular formula is C16H19FN4O3. The first-order valence-corrected chi connectivity index (χ1v) is 7.40. The van der Waals surface area contributed by atoms with Crippen LogP contribution in [0.25, 0.3) is 5.69 Å². The van der Waals surface area contributed by atoms with Crippen molar-refractivity contribution in [3.63, 3.8) is 0 Å². The quantitative estimate of drug-likeness (QED) is 0.873. The van der Waals surface area contributed by atoms with E-state index in [-0.39, 0.29) is 11.7 Å². The zero-order valence-electron chi connectivity index (χ0n) is 13.9. The summed E-state index contributed by atoms with van der Waals surface area (Å²) in [6.45, 7) is 6.45. The second-order valence-electron chi connectivity index (χ2n) is 6.22. The number of nitrogens with one attached hydrogen (secondary N) is 1. The third kappa shape index (κ3) is 3.58. The number of aliphatic carboxylic acids is 1. The first kappa shape index (κ1) is 17.6. The van der Waals surface area contributed by atoms with Gasteiger partial charge in [0.2, 0.25) is 5.82 Å². The molecular weight excluding hydrogens is 315 g/mol. The second kappa shape index (κ2) is 6.38. The van der Waals surface area contributed by atoms with Gasteiger partial charge in [0, 0.05) is 5.92 Å². The van der Waals surface area contributed by atoms with Crippen LogP contribution < -0.4 is 5.32 Å². The van der Waals surface area contributed by atoms with Gasteiger partial charge in [0.25, 0.3) is 5.91 Å². The maximum absolute atomic E-state index is 13.5. The fourth-order valence-corrected chi connectivity index (χ4v) is 1.99. The van der Waals surface area contributed by atoms with E-state index in [0.717, 1.165) is 0 Å². The molecule has 0 spiro atoms. The molecule has 0 radical (unpaired) electrons. The molecule has 128 valence electrons. The van der Waals surface area contributed by atoms with Gasteiger partial charge in [0.15, 0.2) is 0 Å². The normalized spacial score (nSPS) is 11.6. The summed E-state index contributed by atoms with van der Waals surface area (Å²) in [5, 5.41) is 15.6. The molecule has 0 unspecified atom stereocenters. The van der Waals surface area contributed by atoms with Gasteiger partial charge >= 0.3 is 5.97 Å². The van der Waals surface area contributed by atoms with Gasteiger partial charge in [-0.1, -0.05) is 19.9 Å². The number of carboxylic acids is 1. The van der Waals surface area contributed by atoms with Gasteiger partial charge in [-0.25, -0.2) is 18.9 Å². The predicted molar refractivity (Wildman–Crippen MR) is 84.6 cm³/mol. The number of hydrogen-bond acceptors (Lipinski definition) is 4. The van der Waals surface area contributed by atoms with Crippen molar-refractivity contribution in [3.8, 4) is 5.69 Å². The Bertz CT molecular complexity index is 783. The van der Waals surface area contributed by atoms with E-state index in [4.69, 9.17) is 5.11 Å². The largest absolute Gasteiger partial charge is 0.480 e. The smallest absolute Gasteiger partial charge is 0.328 e. The summed E-state index contributed by atoms with van der Waals surface area (Å²) in [5.74, 6) is -2.09. The molecule has 1 heterocycles. The number of aromatic nitrogens is 3. The van der Waals surface area contributed by atoms with E-state index in [0.29, 0.717) is 11.5 Å². The van der Waals surface area contributed by atoms with Crippen molar-refractivity contribution in [2.75, 3.05) is 0 Å². The Balaban J connectivity index is 2.42. The highest BCUT2D eigenvalue weighted by Gasteiger charge is 2.31. The summed E-state index contributed by atoms with van der Waals surface area (Å²) in [4.78, 5) is 27.6. The van der Waals surface area contributed by atoms with Crippen LogP contribution in [-0.4, -0.2) is 37.3 Å². The molecule has 2 N–H and O–H groups in total. The maximum Gasteiger partial charge on any atom is 0.328 e. The molecule has 0 aliphatic carbocycles. The van der Waals surface area contributed by atoms with Crippen molar-refractivity contribution in [1.82, 2.24) is 20.1 Å². The lowest BCUT2D eigenvalue weighted by atomic mass is 10.1. The van der Waals surface area contributed by atoms with Crippen molar-refractivity contribution in [3.05, 3.63) is 41.7 Å². The maximum atomic E-state index is 13.5. The number of carbonyl (C=O) groups excluding carboxylic acids is 1. The van der Waals surface area contributed by atoms with Gasteiger partial charge in [-0.15, -0.1) is 5.10 Å². The number of amides is 1. The highest BCUT2D eigenvalue weighted by Crippen LogP contribution is 2.18. The van der Waals surface area contributed by atoms with Crippen LogP contribution in [0, 0.1) is 5.82 Å². The van der Waals surface area contributed by atoms with Crippen LogP contribution in [0.15, 0.2) is 24.3 Å². The van der Waals surface area contributed by atoms with Crippen LogP contribution in [0.5, 0.6) is 0 Å². The van der Waals surface area contributed by atoms with E-state index < -0.39 is 23.2 Å². The Morgan fingerprint density at radius 3 is 2.54 bits per heavy atom. The minimum absolute atomic E-state index is 0.0743. The minimum atomic E-state index is -1.46. The summed E-state index contributed by atoms with van der Waals surface area (Å²) in [6.07, 6.45) is 0. The van der Waals surface area contributed by atoms with Crippen LogP contribution >= 0.6 is 0 Å². The number of carboxylic acid groups (broad SMARTS) is 1. The average Bonchev–Trinajstić information content (AvgIpc) is 2.92. The molecule has 0 saturated heterocycles. The van der Waals surface area contributed by atoms with E-state index in [1.165, 1.54) is 36.7 Å². The van der Waals surface area contributed by atoms with Crippen LogP contribution in [0.1, 0.15) is 50.1 Å². The highest BCUT2D eigenvalue weighted by atomic mass is 19.1. The van der Waals surface area contributed by atoms with Crippen molar-refractivity contribution < 1.29 is 19.1 Å². The predicted octanol–water partition coefficient (Wildman–Crippen LogP) is 2.12.